The van der Waals surface area contributed by atoms with E-state index < -0.39 is 0 Å². The van der Waals surface area contributed by atoms with Crippen LogP contribution in [0.4, 0.5) is 0 Å². The molecule has 1 atom stereocenters. The van der Waals surface area contributed by atoms with E-state index in [9.17, 15) is 0 Å². The summed E-state index contributed by atoms with van der Waals surface area (Å²) in [6.07, 6.45) is 1.71. The van der Waals surface area contributed by atoms with Crippen LogP contribution in [0.3, 0.4) is 0 Å². The fourth-order valence-electron chi connectivity index (χ4n) is 1.72. The Balaban J connectivity index is 1.78. The number of hydrogen-bond donors (Lipinski definition) is 1. The summed E-state index contributed by atoms with van der Waals surface area (Å²) in [4.78, 5) is 0. The van der Waals surface area contributed by atoms with E-state index in [0.29, 0.717) is 5.92 Å². The molecule has 0 saturated carbocycles. The minimum atomic E-state index is 0.524. The minimum absolute atomic E-state index is 0.524. The zero-order valence-corrected chi connectivity index (χ0v) is 9.52. The molecule has 0 saturated heterocycles. The highest BCUT2D eigenvalue weighted by atomic mass is 16.3. The van der Waals surface area contributed by atoms with Crippen molar-refractivity contribution in [1.29, 1.82) is 0 Å². The van der Waals surface area contributed by atoms with Crippen molar-refractivity contribution in [3.63, 3.8) is 0 Å². The molecule has 0 aliphatic heterocycles. The summed E-state index contributed by atoms with van der Waals surface area (Å²) in [6.45, 7) is 3.99. The van der Waals surface area contributed by atoms with E-state index in [2.05, 4.69) is 36.5 Å². The first-order valence-corrected chi connectivity index (χ1v) is 5.64. The lowest BCUT2D eigenvalue weighted by atomic mass is 10.0. The van der Waals surface area contributed by atoms with Gasteiger partial charge in [-0.2, -0.15) is 0 Å². The molecule has 0 bridgehead atoms. The summed E-state index contributed by atoms with van der Waals surface area (Å²) in [5.41, 5.74) is 1.37. The smallest absolute Gasteiger partial charge is 0.117 e. The highest BCUT2D eigenvalue weighted by Gasteiger charge is 2.04. The van der Waals surface area contributed by atoms with Gasteiger partial charge in [0.2, 0.25) is 0 Å². The molecule has 0 fully saturated rings. The van der Waals surface area contributed by atoms with Gasteiger partial charge in [-0.05, 0) is 23.6 Å². The van der Waals surface area contributed by atoms with E-state index in [1.54, 1.807) is 6.26 Å². The van der Waals surface area contributed by atoms with Gasteiger partial charge in [0.1, 0.15) is 5.76 Å². The maximum atomic E-state index is 5.26. The largest absolute Gasteiger partial charge is 0.468 e. The normalized spacial score (nSPS) is 12.6. The number of hydrogen-bond acceptors (Lipinski definition) is 2. The van der Waals surface area contributed by atoms with Gasteiger partial charge in [0.25, 0.3) is 0 Å². The van der Waals surface area contributed by atoms with Crippen molar-refractivity contribution in [3.8, 4) is 0 Å². The monoisotopic (exact) mass is 215 g/mol. The van der Waals surface area contributed by atoms with Gasteiger partial charge in [-0.25, -0.2) is 0 Å². The van der Waals surface area contributed by atoms with Crippen LogP contribution in [0.25, 0.3) is 0 Å². The van der Waals surface area contributed by atoms with Gasteiger partial charge in [0.15, 0.2) is 0 Å². The highest BCUT2D eigenvalue weighted by Crippen LogP contribution is 2.13. The molecular weight excluding hydrogens is 198 g/mol. The zero-order valence-electron chi connectivity index (χ0n) is 9.52. The average Bonchev–Trinajstić information content (AvgIpc) is 2.83. The van der Waals surface area contributed by atoms with Crippen molar-refractivity contribution in [2.24, 2.45) is 0 Å². The molecule has 16 heavy (non-hydrogen) atoms. The molecule has 1 aromatic carbocycles. The van der Waals surface area contributed by atoms with E-state index in [-0.39, 0.29) is 0 Å². The fourth-order valence-corrected chi connectivity index (χ4v) is 1.72. The summed E-state index contributed by atoms with van der Waals surface area (Å²) >= 11 is 0. The third kappa shape index (κ3) is 2.97. The predicted molar refractivity (Wildman–Crippen MR) is 65.3 cm³/mol. The zero-order chi connectivity index (χ0) is 11.2. The Morgan fingerprint density at radius 2 is 1.94 bits per heavy atom. The maximum absolute atomic E-state index is 5.26. The van der Waals surface area contributed by atoms with Crippen molar-refractivity contribution >= 4 is 0 Å². The van der Waals surface area contributed by atoms with E-state index in [1.165, 1.54) is 5.56 Å². The fraction of sp³-hybridized carbons (Fsp3) is 0.286. The predicted octanol–water partition coefficient (Wildman–Crippen LogP) is 3.17. The molecule has 0 aliphatic carbocycles. The lowest BCUT2D eigenvalue weighted by Gasteiger charge is -2.12. The maximum Gasteiger partial charge on any atom is 0.117 e. The summed E-state index contributed by atoms with van der Waals surface area (Å²) < 4.78 is 5.26. The van der Waals surface area contributed by atoms with Crippen LogP contribution >= 0.6 is 0 Å². The van der Waals surface area contributed by atoms with E-state index >= 15 is 0 Å². The molecule has 0 amide bonds. The summed E-state index contributed by atoms with van der Waals surface area (Å²) in [5, 5.41) is 3.39. The van der Waals surface area contributed by atoms with Gasteiger partial charge in [-0.3, -0.25) is 0 Å². The van der Waals surface area contributed by atoms with Crippen LogP contribution in [-0.4, -0.2) is 6.54 Å². The standard InChI is InChI=1S/C14H17NO/c1-12(13-6-3-2-4-7-13)10-15-11-14-8-5-9-16-14/h2-9,12,15H,10-11H2,1H3/t12-/m1/s1. The summed E-state index contributed by atoms with van der Waals surface area (Å²) in [7, 11) is 0. The number of nitrogens with one attached hydrogen (secondary N) is 1. The summed E-state index contributed by atoms with van der Waals surface area (Å²) in [5.74, 6) is 1.51. The van der Waals surface area contributed by atoms with Crippen molar-refractivity contribution in [1.82, 2.24) is 5.32 Å². The van der Waals surface area contributed by atoms with Crippen molar-refractivity contribution in [2.75, 3.05) is 6.54 Å². The van der Waals surface area contributed by atoms with Crippen LogP contribution in [0.5, 0.6) is 0 Å². The topological polar surface area (TPSA) is 25.2 Å². The first-order chi connectivity index (χ1) is 7.86. The Labute approximate surface area is 96.3 Å². The van der Waals surface area contributed by atoms with Crippen LogP contribution < -0.4 is 5.32 Å². The minimum Gasteiger partial charge on any atom is -0.468 e. The quantitative estimate of drug-likeness (QED) is 0.828. The second-order valence-corrected chi connectivity index (χ2v) is 4.02. The molecular formula is C14H17NO. The molecule has 0 radical (unpaired) electrons. The van der Waals surface area contributed by atoms with Crippen molar-refractivity contribution in [3.05, 3.63) is 60.1 Å². The molecule has 1 heterocycles. The van der Waals surface area contributed by atoms with Gasteiger partial charge in [0, 0.05) is 6.54 Å². The second kappa shape index (κ2) is 5.52. The Morgan fingerprint density at radius 1 is 1.12 bits per heavy atom. The van der Waals surface area contributed by atoms with Gasteiger partial charge >= 0.3 is 0 Å². The molecule has 0 aliphatic rings. The molecule has 0 unspecified atom stereocenters. The number of rotatable bonds is 5. The Bertz CT molecular complexity index is 394. The Morgan fingerprint density at radius 3 is 2.62 bits per heavy atom. The van der Waals surface area contributed by atoms with Gasteiger partial charge in [-0.1, -0.05) is 37.3 Å². The van der Waals surface area contributed by atoms with Crippen LogP contribution in [-0.2, 0) is 6.54 Å². The first kappa shape index (κ1) is 11.0. The van der Waals surface area contributed by atoms with E-state index in [1.807, 2.05) is 18.2 Å². The van der Waals surface area contributed by atoms with Crippen LogP contribution in [0.15, 0.2) is 53.1 Å². The molecule has 0 spiro atoms. The first-order valence-electron chi connectivity index (χ1n) is 5.64. The average molecular weight is 215 g/mol. The summed E-state index contributed by atoms with van der Waals surface area (Å²) in [6, 6.07) is 14.4. The van der Waals surface area contributed by atoms with Crippen molar-refractivity contribution < 1.29 is 4.42 Å². The highest BCUT2D eigenvalue weighted by molar-refractivity contribution is 5.18. The lowest BCUT2D eigenvalue weighted by molar-refractivity contribution is 0.476. The third-order valence-corrected chi connectivity index (χ3v) is 2.70. The van der Waals surface area contributed by atoms with Crippen LogP contribution in [0.1, 0.15) is 24.2 Å². The second-order valence-electron chi connectivity index (χ2n) is 4.02. The molecule has 2 heteroatoms. The van der Waals surface area contributed by atoms with Gasteiger partial charge < -0.3 is 9.73 Å². The SMILES string of the molecule is C[C@H](CNCc1ccco1)c1ccccc1. The molecule has 2 nitrogen and oxygen atoms in total. The van der Waals surface area contributed by atoms with E-state index in [0.717, 1.165) is 18.8 Å². The number of benzene rings is 1. The molecule has 2 aromatic rings. The molecule has 1 N–H and O–H groups in total. The molecule has 84 valence electrons. The van der Waals surface area contributed by atoms with Gasteiger partial charge in [0.05, 0.1) is 12.8 Å². The van der Waals surface area contributed by atoms with Crippen LogP contribution in [0.2, 0.25) is 0 Å². The Hall–Kier alpha value is -1.54. The van der Waals surface area contributed by atoms with E-state index in [4.69, 9.17) is 4.42 Å². The molecule has 2 rings (SSSR count). The lowest BCUT2D eigenvalue weighted by Crippen LogP contribution is -2.19. The third-order valence-electron chi connectivity index (χ3n) is 2.70. The molecule has 1 aromatic heterocycles. The number of furan rings is 1. The van der Waals surface area contributed by atoms with Gasteiger partial charge in [-0.15, -0.1) is 0 Å². The Kier molecular flexibility index (Phi) is 3.78. The van der Waals surface area contributed by atoms with Crippen LogP contribution in [0, 0.1) is 0 Å². The van der Waals surface area contributed by atoms with Crippen molar-refractivity contribution in [2.45, 2.75) is 19.4 Å².